The third-order valence-electron chi connectivity index (χ3n) is 3.59. The molecule has 0 saturated carbocycles. The average Bonchev–Trinajstić information content (AvgIpc) is 2.62. The van der Waals surface area contributed by atoms with E-state index in [-0.39, 0.29) is 10.6 Å². The molecule has 0 aliphatic rings. The number of likely N-dealkylation sites (N-methyl/N-ethyl adjacent to an activating group) is 1. The van der Waals surface area contributed by atoms with Crippen LogP contribution in [0.2, 0.25) is 5.02 Å². The topological polar surface area (TPSA) is 101 Å². The Labute approximate surface area is 165 Å². The summed E-state index contributed by atoms with van der Waals surface area (Å²) in [5.74, 6) is -4.57. The number of carbonyl (C=O) groups excluding carboxylic acids is 1. The maximum absolute atomic E-state index is 12.8. The van der Waals surface area contributed by atoms with Crippen molar-refractivity contribution in [1.82, 2.24) is 4.31 Å². The molecule has 0 aromatic heterocycles. The molecule has 0 spiro atoms. The van der Waals surface area contributed by atoms with E-state index in [1.54, 1.807) is 0 Å². The number of sulfone groups is 1. The smallest absolute Gasteiger partial charge is 0.324 e. The first kappa shape index (κ1) is 22.2. The SMILES string of the molecule is CN(CC(=O)Nc1ccccc1S(=O)(=O)C(F)F)S(=O)(=O)c1ccc(Cl)cc1. The number of sulfonamides is 1. The summed E-state index contributed by atoms with van der Waals surface area (Å²) in [6.45, 7) is -0.673. The summed E-state index contributed by atoms with van der Waals surface area (Å²) in [6.07, 6.45) is 0. The molecule has 0 aliphatic carbocycles. The average molecular weight is 453 g/mol. The van der Waals surface area contributed by atoms with Crippen molar-refractivity contribution >= 4 is 43.1 Å². The van der Waals surface area contributed by atoms with Crippen LogP contribution in [0.1, 0.15) is 0 Å². The molecule has 152 valence electrons. The maximum Gasteiger partial charge on any atom is 0.341 e. The third kappa shape index (κ3) is 4.85. The molecule has 0 aliphatic heterocycles. The number of nitrogens with one attached hydrogen (secondary N) is 1. The molecule has 2 aromatic rings. The number of carbonyl (C=O) groups is 1. The first-order valence-corrected chi connectivity index (χ1v) is 11.0. The zero-order chi connectivity index (χ0) is 21.1. The van der Waals surface area contributed by atoms with Crippen LogP contribution >= 0.6 is 11.6 Å². The van der Waals surface area contributed by atoms with Gasteiger partial charge in [-0.25, -0.2) is 16.8 Å². The summed E-state index contributed by atoms with van der Waals surface area (Å²) in [4.78, 5) is 11.3. The van der Waals surface area contributed by atoms with Gasteiger partial charge in [0.1, 0.15) is 0 Å². The monoisotopic (exact) mass is 452 g/mol. The zero-order valence-corrected chi connectivity index (χ0v) is 16.7. The molecule has 2 rings (SSSR count). The van der Waals surface area contributed by atoms with E-state index in [1.165, 1.54) is 36.4 Å². The van der Waals surface area contributed by atoms with Crippen LogP contribution in [0.3, 0.4) is 0 Å². The maximum atomic E-state index is 12.8. The first-order valence-electron chi connectivity index (χ1n) is 7.59. The minimum absolute atomic E-state index is 0.104. The number of rotatable bonds is 7. The highest BCUT2D eigenvalue weighted by molar-refractivity contribution is 7.91. The zero-order valence-electron chi connectivity index (χ0n) is 14.3. The Kier molecular flexibility index (Phi) is 6.75. The standard InChI is InChI=1S/C16H15ClF2N2O5S2/c1-21(28(25,26)12-8-6-11(17)7-9-12)10-15(22)20-13-4-2-3-5-14(13)27(23,24)16(18)19/h2-9,16H,10H2,1H3,(H,20,22). The number of hydrogen-bond donors (Lipinski definition) is 1. The van der Waals surface area contributed by atoms with Crippen molar-refractivity contribution in [3.63, 3.8) is 0 Å². The number of nitrogens with zero attached hydrogens (tertiary/aromatic N) is 1. The number of halogens is 3. The lowest BCUT2D eigenvalue weighted by Gasteiger charge is -2.17. The number of anilines is 1. The lowest BCUT2D eigenvalue weighted by atomic mass is 10.3. The normalized spacial score (nSPS) is 12.4. The molecule has 12 heteroatoms. The molecule has 0 heterocycles. The van der Waals surface area contributed by atoms with E-state index in [9.17, 15) is 30.4 Å². The highest BCUT2D eigenvalue weighted by Gasteiger charge is 2.30. The summed E-state index contributed by atoms with van der Waals surface area (Å²) in [7, 11) is -7.82. The van der Waals surface area contributed by atoms with E-state index in [2.05, 4.69) is 5.32 Å². The van der Waals surface area contributed by atoms with Gasteiger partial charge in [0.2, 0.25) is 25.8 Å². The number of amides is 1. The fourth-order valence-electron chi connectivity index (χ4n) is 2.18. The quantitative estimate of drug-likeness (QED) is 0.696. The van der Waals surface area contributed by atoms with E-state index in [1.807, 2.05) is 0 Å². The van der Waals surface area contributed by atoms with Crippen molar-refractivity contribution in [1.29, 1.82) is 0 Å². The van der Waals surface area contributed by atoms with E-state index >= 15 is 0 Å². The molecule has 0 bridgehead atoms. The third-order valence-corrected chi connectivity index (χ3v) is 7.10. The Morgan fingerprint density at radius 1 is 1.07 bits per heavy atom. The molecular formula is C16H15ClF2N2O5S2. The minimum Gasteiger partial charge on any atom is -0.324 e. The Bertz CT molecular complexity index is 1070. The Morgan fingerprint density at radius 3 is 2.21 bits per heavy atom. The lowest BCUT2D eigenvalue weighted by molar-refractivity contribution is -0.116. The number of benzene rings is 2. The van der Waals surface area contributed by atoms with E-state index in [0.717, 1.165) is 23.5 Å². The van der Waals surface area contributed by atoms with Gasteiger partial charge < -0.3 is 5.32 Å². The Hall–Kier alpha value is -2.08. The predicted molar refractivity (Wildman–Crippen MR) is 99.5 cm³/mol. The molecule has 0 atom stereocenters. The molecule has 2 aromatic carbocycles. The fourth-order valence-corrected chi connectivity index (χ4v) is 4.32. The van der Waals surface area contributed by atoms with Crippen molar-refractivity contribution in [3.8, 4) is 0 Å². The van der Waals surface area contributed by atoms with Crippen LogP contribution in [0.5, 0.6) is 0 Å². The second-order valence-electron chi connectivity index (χ2n) is 5.56. The number of hydrogen-bond acceptors (Lipinski definition) is 5. The molecule has 0 unspecified atom stereocenters. The van der Waals surface area contributed by atoms with E-state index in [4.69, 9.17) is 11.6 Å². The Morgan fingerprint density at radius 2 is 1.64 bits per heavy atom. The van der Waals surface area contributed by atoms with Gasteiger partial charge in [-0.15, -0.1) is 0 Å². The van der Waals surface area contributed by atoms with Crippen molar-refractivity contribution in [2.75, 3.05) is 18.9 Å². The van der Waals surface area contributed by atoms with Gasteiger partial charge >= 0.3 is 5.76 Å². The van der Waals surface area contributed by atoms with Crippen LogP contribution in [-0.2, 0) is 24.7 Å². The van der Waals surface area contributed by atoms with Crippen LogP contribution in [0, 0.1) is 0 Å². The summed E-state index contributed by atoms with van der Waals surface area (Å²) in [6, 6.07) is 9.87. The summed E-state index contributed by atoms with van der Waals surface area (Å²) >= 11 is 5.71. The van der Waals surface area contributed by atoms with Crippen LogP contribution in [0.15, 0.2) is 58.3 Å². The molecule has 0 radical (unpaired) electrons. The van der Waals surface area contributed by atoms with Crippen molar-refractivity contribution < 1.29 is 30.4 Å². The Balaban J connectivity index is 2.20. The molecule has 0 saturated heterocycles. The van der Waals surface area contributed by atoms with Crippen molar-refractivity contribution in [2.45, 2.75) is 15.5 Å². The molecule has 7 nitrogen and oxygen atoms in total. The first-order chi connectivity index (χ1) is 13.0. The van der Waals surface area contributed by atoms with Gasteiger partial charge in [0.05, 0.1) is 22.0 Å². The van der Waals surface area contributed by atoms with Gasteiger partial charge in [-0.05, 0) is 36.4 Å². The van der Waals surface area contributed by atoms with Crippen molar-refractivity contribution in [2.24, 2.45) is 0 Å². The van der Waals surface area contributed by atoms with Crippen LogP contribution < -0.4 is 5.32 Å². The summed E-state index contributed by atoms with van der Waals surface area (Å²) in [5, 5.41) is 2.49. The second-order valence-corrected chi connectivity index (χ2v) is 9.93. The second kappa shape index (κ2) is 8.52. The van der Waals surface area contributed by atoms with Crippen LogP contribution in [0.4, 0.5) is 14.5 Å². The number of para-hydroxylation sites is 1. The van der Waals surface area contributed by atoms with Gasteiger partial charge in [0.15, 0.2) is 0 Å². The van der Waals surface area contributed by atoms with Gasteiger partial charge in [-0.1, -0.05) is 23.7 Å². The summed E-state index contributed by atoms with van der Waals surface area (Å²) in [5.41, 5.74) is -0.370. The summed E-state index contributed by atoms with van der Waals surface area (Å²) < 4.78 is 74.7. The highest BCUT2D eigenvalue weighted by Crippen LogP contribution is 2.26. The van der Waals surface area contributed by atoms with E-state index in [0.29, 0.717) is 5.02 Å². The molecule has 1 amide bonds. The van der Waals surface area contributed by atoms with Crippen LogP contribution in [0.25, 0.3) is 0 Å². The molecule has 0 fully saturated rings. The number of alkyl halides is 2. The van der Waals surface area contributed by atoms with Crippen LogP contribution in [-0.4, -0.2) is 46.4 Å². The molecule has 28 heavy (non-hydrogen) atoms. The van der Waals surface area contributed by atoms with Gasteiger partial charge in [0.25, 0.3) is 0 Å². The molecule has 1 N–H and O–H groups in total. The van der Waals surface area contributed by atoms with Gasteiger partial charge in [0, 0.05) is 12.1 Å². The van der Waals surface area contributed by atoms with E-state index < -0.39 is 43.0 Å². The van der Waals surface area contributed by atoms with Gasteiger partial charge in [-0.2, -0.15) is 13.1 Å². The largest absolute Gasteiger partial charge is 0.341 e. The highest BCUT2D eigenvalue weighted by atomic mass is 35.5. The van der Waals surface area contributed by atoms with Gasteiger partial charge in [-0.3, -0.25) is 4.79 Å². The molecular weight excluding hydrogens is 438 g/mol. The predicted octanol–water partition coefficient (Wildman–Crippen LogP) is 2.60. The fraction of sp³-hybridized carbons (Fsp3) is 0.188. The lowest BCUT2D eigenvalue weighted by Crippen LogP contribution is -2.35. The minimum atomic E-state index is -4.95. The van der Waals surface area contributed by atoms with Crippen molar-refractivity contribution in [3.05, 3.63) is 53.6 Å².